The molecule has 8 heteroatoms. The smallest absolute Gasteiger partial charge is 0.361 e. The maximum atomic E-state index is 11.8. The average molecular weight is 384 g/mol. The predicted octanol–water partition coefficient (Wildman–Crippen LogP) is 2.69. The molecule has 0 spiro atoms. The third-order valence-electron chi connectivity index (χ3n) is 4.28. The first kappa shape index (κ1) is 20.2. The number of hydrogen-bond acceptors (Lipinski definition) is 7. The summed E-state index contributed by atoms with van der Waals surface area (Å²) in [4.78, 5) is 11.8. The van der Waals surface area contributed by atoms with Crippen LogP contribution in [0.3, 0.4) is 0 Å². The third kappa shape index (κ3) is 5.44. The highest BCUT2D eigenvalue weighted by molar-refractivity contribution is 6.32. The molecule has 1 saturated carbocycles. The maximum Gasteiger partial charge on any atom is 0.361 e. The van der Waals surface area contributed by atoms with Gasteiger partial charge in [-0.15, -0.1) is 0 Å². The van der Waals surface area contributed by atoms with Gasteiger partial charge in [0.25, 0.3) is 0 Å². The van der Waals surface area contributed by atoms with Crippen LogP contribution in [0.5, 0.6) is 11.5 Å². The largest absolute Gasteiger partial charge is 0.493 e. The summed E-state index contributed by atoms with van der Waals surface area (Å²) in [5.41, 5.74) is 7.82. The number of hydrazine groups is 1. The molecule has 1 fully saturated rings. The molecular weight excluding hydrogens is 358 g/mol. The number of nitrogens with two attached hydrogens (primary N) is 2. The van der Waals surface area contributed by atoms with E-state index >= 15 is 0 Å². The van der Waals surface area contributed by atoms with E-state index in [2.05, 4.69) is 12.3 Å². The summed E-state index contributed by atoms with van der Waals surface area (Å²) < 4.78 is 16.2. The van der Waals surface area contributed by atoms with Gasteiger partial charge in [0.15, 0.2) is 11.4 Å². The molecule has 26 heavy (non-hydrogen) atoms. The SMILES string of the molecule is CCOC(=O)/C(NN)=C(/N)Oc1cc(OCC2CCC(C)C2)ccc1Cl. The fourth-order valence-electron chi connectivity index (χ4n) is 2.95. The van der Waals surface area contributed by atoms with Crippen LogP contribution in [0.2, 0.25) is 5.02 Å². The van der Waals surface area contributed by atoms with Crippen LogP contribution in [0.25, 0.3) is 0 Å². The molecule has 2 rings (SSSR count). The van der Waals surface area contributed by atoms with E-state index in [0.29, 0.717) is 23.3 Å². The Hall–Kier alpha value is -2.12. The molecule has 2 unspecified atom stereocenters. The number of benzene rings is 1. The monoisotopic (exact) mass is 383 g/mol. The number of esters is 1. The van der Waals surface area contributed by atoms with Gasteiger partial charge >= 0.3 is 5.97 Å². The van der Waals surface area contributed by atoms with Gasteiger partial charge in [-0.3, -0.25) is 5.84 Å². The van der Waals surface area contributed by atoms with Crippen LogP contribution in [-0.4, -0.2) is 19.2 Å². The fraction of sp³-hybridized carbons (Fsp3) is 0.500. The Kier molecular flexibility index (Phi) is 7.41. The first-order valence-corrected chi connectivity index (χ1v) is 9.06. The number of ether oxygens (including phenoxy) is 3. The Morgan fingerprint density at radius 1 is 1.38 bits per heavy atom. The average Bonchev–Trinajstić information content (AvgIpc) is 3.02. The van der Waals surface area contributed by atoms with Crippen molar-refractivity contribution in [1.82, 2.24) is 5.43 Å². The van der Waals surface area contributed by atoms with Gasteiger partial charge in [-0.25, -0.2) is 4.79 Å². The molecule has 5 N–H and O–H groups in total. The highest BCUT2D eigenvalue weighted by Gasteiger charge is 2.22. The first-order chi connectivity index (χ1) is 12.4. The molecule has 0 radical (unpaired) electrons. The van der Waals surface area contributed by atoms with Crippen LogP contribution >= 0.6 is 11.6 Å². The topological polar surface area (TPSA) is 109 Å². The normalized spacial score (nSPS) is 20.3. The van der Waals surface area contributed by atoms with Gasteiger partial charge in [-0.05, 0) is 43.7 Å². The summed E-state index contributed by atoms with van der Waals surface area (Å²) in [6.07, 6.45) is 3.60. The van der Waals surface area contributed by atoms with Crippen molar-refractivity contribution in [2.24, 2.45) is 23.4 Å². The molecule has 1 aromatic rings. The van der Waals surface area contributed by atoms with Crippen LogP contribution in [0.4, 0.5) is 0 Å². The Morgan fingerprint density at radius 3 is 2.77 bits per heavy atom. The van der Waals surface area contributed by atoms with Crippen molar-refractivity contribution in [3.8, 4) is 11.5 Å². The molecule has 0 amide bonds. The number of rotatable bonds is 8. The molecule has 0 saturated heterocycles. The Labute approximate surface area is 158 Å². The van der Waals surface area contributed by atoms with Crippen LogP contribution in [0.15, 0.2) is 29.8 Å². The summed E-state index contributed by atoms with van der Waals surface area (Å²) in [5.74, 6) is 6.57. The molecule has 0 heterocycles. The lowest BCUT2D eigenvalue weighted by molar-refractivity contribution is -0.139. The van der Waals surface area contributed by atoms with E-state index in [1.54, 1.807) is 25.1 Å². The van der Waals surface area contributed by atoms with E-state index in [-0.39, 0.29) is 23.9 Å². The van der Waals surface area contributed by atoms with Crippen molar-refractivity contribution in [2.75, 3.05) is 13.2 Å². The highest BCUT2D eigenvalue weighted by Crippen LogP contribution is 2.33. The second kappa shape index (κ2) is 9.54. The number of halogens is 1. The van der Waals surface area contributed by atoms with Crippen molar-refractivity contribution in [3.05, 3.63) is 34.8 Å². The molecule has 144 valence electrons. The number of nitrogens with one attached hydrogen (secondary N) is 1. The van der Waals surface area contributed by atoms with E-state index < -0.39 is 5.97 Å². The molecule has 0 aliphatic heterocycles. The molecule has 1 aliphatic rings. The Bertz CT molecular complexity index is 666. The zero-order valence-corrected chi connectivity index (χ0v) is 15.8. The van der Waals surface area contributed by atoms with Gasteiger partial charge in [-0.1, -0.05) is 24.9 Å². The van der Waals surface area contributed by atoms with E-state index in [9.17, 15) is 4.79 Å². The van der Waals surface area contributed by atoms with Crippen molar-refractivity contribution in [2.45, 2.75) is 33.1 Å². The van der Waals surface area contributed by atoms with Crippen LogP contribution in [0, 0.1) is 11.8 Å². The minimum Gasteiger partial charge on any atom is -0.493 e. The molecular formula is C18H26ClN3O4. The first-order valence-electron chi connectivity index (χ1n) is 8.68. The summed E-state index contributed by atoms with van der Waals surface area (Å²) in [7, 11) is 0. The summed E-state index contributed by atoms with van der Waals surface area (Å²) in [5, 5.41) is 0.329. The van der Waals surface area contributed by atoms with Crippen molar-refractivity contribution < 1.29 is 19.0 Å². The summed E-state index contributed by atoms with van der Waals surface area (Å²) >= 11 is 6.15. The van der Waals surface area contributed by atoms with E-state index in [4.69, 9.17) is 37.4 Å². The standard InChI is InChI=1S/C18H26ClN3O4/c1-3-24-18(23)16(22-21)17(20)26-15-9-13(6-7-14(15)19)25-10-12-5-4-11(2)8-12/h6-7,9,11-12,22H,3-5,8,10,20-21H2,1-2H3/b17-16+. The zero-order chi connectivity index (χ0) is 19.1. The number of carbonyl (C=O) groups excluding carboxylic acids is 1. The Balaban J connectivity index is 2.07. The third-order valence-corrected chi connectivity index (χ3v) is 4.59. The second-order valence-corrected chi connectivity index (χ2v) is 6.80. The molecule has 1 aromatic carbocycles. The van der Waals surface area contributed by atoms with Gasteiger partial charge in [0.2, 0.25) is 5.88 Å². The van der Waals surface area contributed by atoms with E-state index in [1.165, 1.54) is 19.3 Å². The molecule has 2 atom stereocenters. The van der Waals surface area contributed by atoms with Crippen LogP contribution in [-0.2, 0) is 9.53 Å². The van der Waals surface area contributed by atoms with Crippen LogP contribution in [0.1, 0.15) is 33.1 Å². The molecule has 1 aliphatic carbocycles. The Morgan fingerprint density at radius 2 is 2.15 bits per heavy atom. The van der Waals surface area contributed by atoms with Gasteiger partial charge < -0.3 is 25.4 Å². The quantitative estimate of drug-likeness (QED) is 0.208. The van der Waals surface area contributed by atoms with Crippen molar-refractivity contribution in [1.29, 1.82) is 0 Å². The fourth-order valence-corrected chi connectivity index (χ4v) is 3.10. The van der Waals surface area contributed by atoms with E-state index in [1.807, 2.05) is 0 Å². The number of hydrogen-bond donors (Lipinski definition) is 3. The molecule has 0 aromatic heterocycles. The van der Waals surface area contributed by atoms with Gasteiger partial charge in [0, 0.05) is 6.07 Å². The zero-order valence-electron chi connectivity index (χ0n) is 15.1. The highest BCUT2D eigenvalue weighted by atomic mass is 35.5. The maximum absolute atomic E-state index is 11.8. The summed E-state index contributed by atoms with van der Waals surface area (Å²) in [6.45, 7) is 4.76. The predicted molar refractivity (Wildman–Crippen MR) is 99.2 cm³/mol. The van der Waals surface area contributed by atoms with Crippen LogP contribution < -0.4 is 26.5 Å². The number of carbonyl (C=O) groups is 1. The molecule has 0 bridgehead atoms. The summed E-state index contributed by atoms with van der Waals surface area (Å²) in [6, 6.07) is 5.05. The van der Waals surface area contributed by atoms with Gasteiger partial charge in [0.05, 0.1) is 18.2 Å². The minimum absolute atomic E-state index is 0.182. The lowest BCUT2D eigenvalue weighted by Crippen LogP contribution is -2.32. The lowest BCUT2D eigenvalue weighted by Gasteiger charge is -2.15. The minimum atomic E-state index is -0.716. The van der Waals surface area contributed by atoms with Gasteiger partial charge in [-0.2, -0.15) is 0 Å². The van der Waals surface area contributed by atoms with Gasteiger partial charge in [0.1, 0.15) is 5.75 Å². The van der Waals surface area contributed by atoms with Crippen molar-refractivity contribution in [3.63, 3.8) is 0 Å². The second-order valence-electron chi connectivity index (χ2n) is 6.39. The van der Waals surface area contributed by atoms with E-state index in [0.717, 1.165) is 5.92 Å². The van der Waals surface area contributed by atoms with Crippen molar-refractivity contribution >= 4 is 17.6 Å². The molecule has 7 nitrogen and oxygen atoms in total. The lowest BCUT2D eigenvalue weighted by atomic mass is 10.1.